The van der Waals surface area contributed by atoms with Gasteiger partial charge in [-0.05, 0) is 36.6 Å². The molecule has 0 bridgehead atoms. The molecule has 0 saturated carbocycles. The fourth-order valence-corrected chi connectivity index (χ4v) is 2.83. The van der Waals surface area contributed by atoms with Gasteiger partial charge in [0.1, 0.15) is 5.76 Å². The van der Waals surface area contributed by atoms with Crippen molar-refractivity contribution in [3.8, 4) is 0 Å². The number of fused-ring (bicyclic) bond motifs is 1. The topological polar surface area (TPSA) is 51.5 Å². The summed E-state index contributed by atoms with van der Waals surface area (Å²) < 4.78 is 7.40. The van der Waals surface area contributed by atoms with Crippen molar-refractivity contribution in [2.75, 3.05) is 7.11 Å². The van der Waals surface area contributed by atoms with E-state index in [1.165, 1.54) is 5.57 Å². The smallest absolute Gasteiger partial charge is 0.337 e. The van der Waals surface area contributed by atoms with E-state index in [1.807, 2.05) is 29.0 Å². The fraction of sp³-hybridized carbons (Fsp3) is 0.235. The lowest BCUT2D eigenvalue weighted by atomic mass is 10.0. The number of carboxylic acid groups (broad SMARTS) is 1. The Labute approximate surface area is 123 Å². The van der Waals surface area contributed by atoms with Crippen molar-refractivity contribution in [1.82, 2.24) is 4.57 Å². The highest BCUT2D eigenvalue weighted by atomic mass is 16.5. The van der Waals surface area contributed by atoms with Gasteiger partial charge in [-0.2, -0.15) is 0 Å². The molecule has 1 N–H and O–H groups in total. The van der Waals surface area contributed by atoms with Crippen LogP contribution < -0.4 is 0 Å². The first-order valence-corrected chi connectivity index (χ1v) is 6.94. The Kier molecular flexibility index (Phi) is 3.52. The molecule has 0 amide bonds. The molecule has 3 rings (SSSR count). The zero-order chi connectivity index (χ0) is 14.8. The number of aromatic carboxylic acids is 1. The molecule has 1 aromatic carbocycles. The number of carboxylic acids is 1. The number of nitrogens with zero attached hydrogens (tertiary/aromatic N) is 1. The van der Waals surface area contributed by atoms with Gasteiger partial charge in [0.05, 0.1) is 18.2 Å². The molecule has 0 aliphatic heterocycles. The third-order valence-corrected chi connectivity index (χ3v) is 3.83. The first kappa shape index (κ1) is 13.5. The summed E-state index contributed by atoms with van der Waals surface area (Å²) in [6, 6.07) is 7.31. The second-order valence-electron chi connectivity index (χ2n) is 5.11. The van der Waals surface area contributed by atoms with Crippen LogP contribution >= 0.6 is 0 Å². The van der Waals surface area contributed by atoms with Crippen LogP contribution in [-0.4, -0.2) is 22.8 Å². The van der Waals surface area contributed by atoms with Crippen molar-refractivity contribution in [3.63, 3.8) is 0 Å². The van der Waals surface area contributed by atoms with E-state index in [1.54, 1.807) is 19.2 Å². The third-order valence-electron chi connectivity index (χ3n) is 3.83. The highest BCUT2D eigenvalue weighted by Gasteiger charge is 2.15. The van der Waals surface area contributed by atoms with E-state index in [2.05, 4.69) is 6.08 Å². The third kappa shape index (κ3) is 2.44. The number of ether oxygens (including phenoxy) is 1. The monoisotopic (exact) mass is 283 g/mol. The van der Waals surface area contributed by atoms with E-state index in [4.69, 9.17) is 4.74 Å². The van der Waals surface area contributed by atoms with E-state index in [0.29, 0.717) is 12.1 Å². The summed E-state index contributed by atoms with van der Waals surface area (Å²) in [5.41, 5.74) is 2.30. The van der Waals surface area contributed by atoms with Crippen molar-refractivity contribution in [2.45, 2.75) is 19.4 Å². The molecule has 2 aromatic rings. The second kappa shape index (κ2) is 5.48. The fourth-order valence-electron chi connectivity index (χ4n) is 2.83. The Morgan fingerprint density at radius 3 is 3.00 bits per heavy atom. The molecular formula is C17H17NO3. The summed E-state index contributed by atoms with van der Waals surface area (Å²) in [4.78, 5) is 11.4. The SMILES string of the molecule is COC1=C(Cn2ccc3cccc(C(=O)O)c32)CCC=C1. The molecule has 0 unspecified atom stereocenters. The number of para-hydroxylation sites is 1. The Morgan fingerprint density at radius 1 is 1.38 bits per heavy atom. The minimum Gasteiger partial charge on any atom is -0.497 e. The predicted molar refractivity (Wildman–Crippen MR) is 81.3 cm³/mol. The van der Waals surface area contributed by atoms with Crippen LogP contribution in [0.4, 0.5) is 0 Å². The largest absolute Gasteiger partial charge is 0.497 e. The molecule has 0 saturated heterocycles. The van der Waals surface area contributed by atoms with Gasteiger partial charge in [0.25, 0.3) is 0 Å². The minimum absolute atomic E-state index is 0.336. The molecule has 108 valence electrons. The van der Waals surface area contributed by atoms with Crippen LogP contribution in [0.15, 0.2) is 53.9 Å². The number of rotatable bonds is 4. The number of allylic oxidation sites excluding steroid dienone is 3. The van der Waals surface area contributed by atoms with Crippen LogP contribution in [0.1, 0.15) is 23.2 Å². The van der Waals surface area contributed by atoms with Gasteiger partial charge in [0.2, 0.25) is 0 Å². The first-order chi connectivity index (χ1) is 10.2. The van der Waals surface area contributed by atoms with Crippen molar-refractivity contribution < 1.29 is 14.6 Å². The highest BCUT2D eigenvalue weighted by Crippen LogP contribution is 2.25. The van der Waals surface area contributed by atoms with Crippen LogP contribution in [0.5, 0.6) is 0 Å². The zero-order valence-corrected chi connectivity index (χ0v) is 11.9. The van der Waals surface area contributed by atoms with E-state index in [9.17, 15) is 9.90 Å². The summed E-state index contributed by atoms with van der Waals surface area (Å²) in [6.45, 7) is 0.654. The number of benzene rings is 1. The van der Waals surface area contributed by atoms with Gasteiger partial charge in [-0.1, -0.05) is 18.2 Å². The van der Waals surface area contributed by atoms with Crippen LogP contribution in [-0.2, 0) is 11.3 Å². The van der Waals surface area contributed by atoms with Gasteiger partial charge < -0.3 is 14.4 Å². The number of hydrogen-bond acceptors (Lipinski definition) is 2. The lowest BCUT2D eigenvalue weighted by molar-refractivity contribution is 0.0698. The highest BCUT2D eigenvalue weighted by molar-refractivity contribution is 6.02. The van der Waals surface area contributed by atoms with Gasteiger partial charge in [-0.15, -0.1) is 0 Å². The average Bonchev–Trinajstić information content (AvgIpc) is 2.91. The molecule has 21 heavy (non-hydrogen) atoms. The van der Waals surface area contributed by atoms with Gasteiger partial charge >= 0.3 is 5.97 Å². The standard InChI is InChI=1S/C17H17NO3/c1-21-15-8-3-2-5-13(15)11-18-10-9-12-6-4-7-14(16(12)18)17(19)20/h3-4,6-10H,2,5,11H2,1H3,(H,19,20). The summed E-state index contributed by atoms with van der Waals surface area (Å²) >= 11 is 0. The molecular weight excluding hydrogens is 266 g/mol. The predicted octanol–water partition coefficient (Wildman–Crippen LogP) is 3.59. The molecule has 0 radical (unpaired) electrons. The summed E-state index contributed by atoms with van der Waals surface area (Å²) in [5.74, 6) is -0.0130. The van der Waals surface area contributed by atoms with Crippen LogP contribution in [0, 0.1) is 0 Å². The van der Waals surface area contributed by atoms with Crippen molar-refractivity contribution in [2.24, 2.45) is 0 Å². The molecule has 1 aromatic heterocycles. The molecule has 1 aliphatic rings. The van der Waals surface area contributed by atoms with E-state index in [-0.39, 0.29) is 0 Å². The number of carbonyl (C=O) groups is 1. The normalized spacial score (nSPS) is 14.7. The zero-order valence-electron chi connectivity index (χ0n) is 11.9. The average molecular weight is 283 g/mol. The lowest BCUT2D eigenvalue weighted by Crippen LogP contribution is -2.08. The molecule has 0 spiro atoms. The van der Waals surface area contributed by atoms with Crippen molar-refractivity contribution >= 4 is 16.9 Å². The second-order valence-corrected chi connectivity index (χ2v) is 5.11. The maximum absolute atomic E-state index is 11.4. The molecule has 0 atom stereocenters. The molecule has 1 aliphatic carbocycles. The van der Waals surface area contributed by atoms with Crippen LogP contribution in [0.3, 0.4) is 0 Å². The summed E-state index contributed by atoms with van der Waals surface area (Å²) in [7, 11) is 1.67. The quantitative estimate of drug-likeness (QED) is 0.933. The lowest BCUT2D eigenvalue weighted by Gasteiger charge is -2.16. The van der Waals surface area contributed by atoms with Gasteiger partial charge in [-0.3, -0.25) is 0 Å². The maximum Gasteiger partial charge on any atom is 0.337 e. The Balaban J connectivity index is 2.07. The van der Waals surface area contributed by atoms with E-state index >= 15 is 0 Å². The summed E-state index contributed by atoms with van der Waals surface area (Å²) in [6.07, 6.45) is 7.96. The van der Waals surface area contributed by atoms with E-state index < -0.39 is 5.97 Å². The van der Waals surface area contributed by atoms with Crippen molar-refractivity contribution in [3.05, 3.63) is 59.5 Å². The Bertz CT molecular complexity index is 752. The van der Waals surface area contributed by atoms with Gasteiger partial charge in [0.15, 0.2) is 0 Å². The van der Waals surface area contributed by atoms with Crippen LogP contribution in [0.2, 0.25) is 0 Å². The van der Waals surface area contributed by atoms with Crippen molar-refractivity contribution in [1.29, 1.82) is 0 Å². The Hall–Kier alpha value is -2.49. The maximum atomic E-state index is 11.4. The molecule has 4 heteroatoms. The molecule has 4 nitrogen and oxygen atoms in total. The Morgan fingerprint density at radius 2 is 2.24 bits per heavy atom. The van der Waals surface area contributed by atoms with Gasteiger partial charge in [-0.25, -0.2) is 4.79 Å². The summed E-state index contributed by atoms with van der Waals surface area (Å²) in [5, 5.41) is 10.3. The number of aromatic nitrogens is 1. The minimum atomic E-state index is -0.898. The molecule has 0 fully saturated rings. The number of methoxy groups -OCH3 is 1. The molecule has 1 heterocycles. The van der Waals surface area contributed by atoms with Gasteiger partial charge in [0, 0.05) is 18.1 Å². The van der Waals surface area contributed by atoms with E-state index in [0.717, 1.165) is 29.5 Å². The van der Waals surface area contributed by atoms with Crippen LogP contribution in [0.25, 0.3) is 10.9 Å². The first-order valence-electron chi connectivity index (χ1n) is 6.94. The number of hydrogen-bond donors (Lipinski definition) is 1.